The number of aromatic nitrogens is 1. The second-order valence-electron chi connectivity index (χ2n) is 6.11. The van der Waals surface area contributed by atoms with Crippen molar-refractivity contribution in [1.29, 1.82) is 0 Å². The summed E-state index contributed by atoms with van der Waals surface area (Å²) in [6.07, 6.45) is 1.94. The van der Waals surface area contributed by atoms with Gasteiger partial charge in [-0.1, -0.05) is 18.2 Å². The van der Waals surface area contributed by atoms with Gasteiger partial charge in [-0.25, -0.2) is 0 Å². The zero-order valence-electron chi connectivity index (χ0n) is 13.9. The van der Waals surface area contributed by atoms with Crippen molar-refractivity contribution in [2.24, 2.45) is 0 Å². The maximum Gasteiger partial charge on any atom is 0.245 e. The molecule has 1 fully saturated rings. The summed E-state index contributed by atoms with van der Waals surface area (Å²) in [5, 5.41) is 26.9. The summed E-state index contributed by atoms with van der Waals surface area (Å²) < 4.78 is 0. The Morgan fingerprint density at radius 1 is 0.808 bits per heavy atom. The van der Waals surface area contributed by atoms with E-state index in [0.29, 0.717) is 0 Å². The van der Waals surface area contributed by atoms with Gasteiger partial charge in [-0.05, 0) is 11.6 Å². The number of carbonyl (C=O) groups excluding carboxylic acids is 3. The molecule has 0 unspecified atom stereocenters. The van der Waals surface area contributed by atoms with Crippen molar-refractivity contribution in [3.8, 4) is 0 Å². The van der Waals surface area contributed by atoms with Gasteiger partial charge >= 0.3 is 0 Å². The number of hydrogen-bond acceptors (Lipinski definition) is 5. The van der Waals surface area contributed by atoms with Crippen LogP contribution in [-0.4, -0.2) is 64.3 Å². The summed E-state index contributed by atoms with van der Waals surface area (Å²) in [5.41, 5.74) is 1.72. The average molecular weight is 360 g/mol. The Balaban J connectivity index is 1.89. The summed E-state index contributed by atoms with van der Waals surface area (Å²) in [6, 6.07) is 4.18. The summed E-state index contributed by atoms with van der Waals surface area (Å²) in [5.74, 6) is -1.99. The number of aliphatic hydroxyl groups excluding tert-OH is 2. The van der Waals surface area contributed by atoms with Gasteiger partial charge < -0.3 is 31.1 Å². The minimum absolute atomic E-state index is 0.187. The fourth-order valence-corrected chi connectivity index (χ4v) is 2.93. The molecule has 1 aromatic carbocycles. The maximum absolute atomic E-state index is 12.5. The SMILES string of the molecule is O=C1N[C@@H](Cc2c[nH]c3ccccc23)C(=O)N[C@@H](CO)C(=O)N[C@H]1CO. The summed E-state index contributed by atoms with van der Waals surface area (Å²) in [6.45, 7) is -1.24. The molecule has 0 saturated carbocycles. The first-order valence-electron chi connectivity index (χ1n) is 8.21. The van der Waals surface area contributed by atoms with Gasteiger partial charge in [0.05, 0.1) is 13.2 Å². The number of amides is 3. The van der Waals surface area contributed by atoms with E-state index in [0.717, 1.165) is 16.5 Å². The zero-order valence-corrected chi connectivity index (χ0v) is 13.9. The van der Waals surface area contributed by atoms with E-state index in [9.17, 15) is 24.6 Å². The lowest BCUT2D eigenvalue weighted by atomic mass is 10.0. The molecule has 0 radical (unpaired) electrons. The van der Waals surface area contributed by atoms with Crippen LogP contribution in [0.1, 0.15) is 5.56 Å². The maximum atomic E-state index is 12.5. The van der Waals surface area contributed by atoms with Crippen LogP contribution in [0.15, 0.2) is 30.5 Å². The molecule has 0 aliphatic carbocycles. The number of hydrogen-bond donors (Lipinski definition) is 6. The molecule has 2 aromatic rings. The number of para-hydroxylation sites is 1. The van der Waals surface area contributed by atoms with Crippen LogP contribution in [0.2, 0.25) is 0 Å². The number of H-pyrrole nitrogens is 1. The molecule has 1 aliphatic heterocycles. The second kappa shape index (κ2) is 7.54. The molecule has 2 heterocycles. The van der Waals surface area contributed by atoms with Crippen molar-refractivity contribution in [3.05, 3.63) is 36.0 Å². The molecule has 1 aromatic heterocycles. The number of carbonyl (C=O) groups is 3. The highest BCUT2D eigenvalue weighted by Gasteiger charge is 2.33. The number of aromatic amines is 1. The molecule has 9 nitrogen and oxygen atoms in total. The molecule has 3 atom stereocenters. The standard InChI is InChI=1S/C17H20N4O5/c22-7-13-16(25)19-12(15(24)20-14(8-23)17(26)21-13)5-9-6-18-11-4-2-1-3-10(9)11/h1-4,6,12-14,18,22-23H,5,7-8H2,(H,19,25)(H,20,24)(H,21,26)/t12-,13-,14-/m0/s1. The number of rotatable bonds is 4. The van der Waals surface area contributed by atoms with Crippen LogP contribution in [0, 0.1) is 0 Å². The Kier molecular flexibility index (Phi) is 5.19. The van der Waals surface area contributed by atoms with E-state index in [-0.39, 0.29) is 6.42 Å². The van der Waals surface area contributed by atoms with Crippen molar-refractivity contribution in [2.45, 2.75) is 24.5 Å². The van der Waals surface area contributed by atoms with Crippen LogP contribution in [-0.2, 0) is 20.8 Å². The first kappa shape index (κ1) is 17.9. The minimum Gasteiger partial charge on any atom is -0.394 e. The Morgan fingerprint density at radius 3 is 1.96 bits per heavy atom. The van der Waals surface area contributed by atoms with Crippen molar-refractivity contribution < 1.29 is 24.6 Å². The molecule has 3 amide bonds. The molecule has 1 saturated heterocycles. The van der Waals surface area contributed by atoms with E-state index in [2.05, 4.69) is 20.9 Å². The molecule has 1 aliphatic rings. The molecule has 0 spiro atoms. The van der Waals surface area contributed by atoms with Gasteiger partial charge in [-0.2, -0.15) is 0 Å². The van der Waals surface area contributed by atoms with Gasteiger partial charge in [0.25, 0.3) is 0 Å². The van der Waals surface area contributed by atoms with Gasteiger partial charge in [-0.3, -0.25) is 14.4 Å². The molecule has 6 N–H and O–H groups in total. The van der Waals surface area contributed by atoms with Crippen LogP contribution in [0.25, 0.3) is 10.9 Å². The topological polar surface area (TPSA) is 144 Å². The third-order valence-electron chi connectivity index (χ3n) is 4.36. The van der Waals surface area contributed by atoms with Crippen LogP contribution >= 0.6 is 0 Å². The summed E-state index contributed by atoms with van der Waals surface area (Å²) >= 11 is 0. The Labute approximate surface area is 148 Å². The highest BCUT2D eigenvalue weighted by atomic mass is 16.3. The van der Waals surface area contributed by atoms with Gasteiger partial charge in [0.15, 0.2) is 0 Å². The van der Waals surface area contributed by atoms with Gasteiger partial charge in [0.1, 0.15) is 18.1 Å². The quantitative estimate of drug-likeness (QED) is 0.380. The zero-order chi connectivity index (χ0) is 18.7. The minimum atomic E-state index is -1.20. The third kappa shape index (κ3) is 3.53. The largest absolute Gasteiger partial charge is 0.394 e. The number of nitrogens with one attached hydrogen (secondary N) is 4. The molecular formula is C17H20N4O5. The lowest BCUT2D eigenvalue weighted by Crippen LogP contribution is -2.53. The van der Waals surface area contributed by atoms with Crippen molar-refractivity contribution in [2.75, 3.05) is 13.2 Å². The van der Waals surface area contributed by atoms with Gasteiger partial charge in [0.2, 0.25) is 17.7 Å². The first-order valence-corrected chi connectivity index (χ1v) is 8.21. The summed E-state index contributed by atoms with van der Waals surface area (Å²) in [7, 11) is 0. The second-order valence-corrected chi connectivity index (χ2v) is 6.11. The highest BCUT2D eigenvalue weighted by molar-refractivity contribution is 5.97. The van der Waals surface area contributed by atoms with Crippen LogP contribution in [0.4, 0.5) is 0 Å². The number of fused-ring (bicyclic) bond motifs is 1. The Hall–Kier alpha value is -2.91. The fourth-order valence-electron chi connectivity index (χ4n) is 2.93. The molecule has 3 rings (SSSR count). The molecule has 138 valence electrons. The first-order chi connectivity index (χ1) is 12.5. The predicted molar refractivity (Wildman–Crippen MR) is 92.0 cm³/mol. The molecule has 26 heavy (non-hydrogen) atoms. The smallest absolute Gasteiger partial charge is 0.245 e. The van der Waals surface area contributed by atoms with E-state index in [1.54, 1.807) is 6.20 Å². The van der Waals surface area contributed by atoms with Crippen molar-refractivity contribution >= 4 is 28.6 Å². The fraction of sp³-hybridized carbons (Fsp3) is 0.353. The van der Waals surface area contributed by atoms with Gasteiger partial charge in [0, 0.05) is 23.5 Å². The Bertz CT molecular complexity index is 831. The summed E-state index contributed by atoms with van der Waals surface area (Å²) in [4.78, 5) is 40.0. The number of aliphatic hydroxyl groups is 2. The van der Waals surface area contributed by atoms with E-state index < -0.39 is 49.1 Å². The molecule has 9 heteroatoms. The van der Waals surface area contributed by atoms with Crippen LogP contribution < -0.4 is 16.0 Å². The lowest BCUT2D eigenvalue weighted by Gasteiger charge is -2.19. The monoisotopic (exact) mass is 360 g/mol. The number of benzene rings is 1. The van der Waals surface area contributed by atoms with E-state index >= 15 is 0 Å². The van der Waals surface area contributed by atoms with E-state index in [1.807, 2.05) is 24.3 Å². The third-order valence-corrected chi connectivity index (χ3v) is 4.36. The molecule has 0 bridgehead atoms. The van der Waals surface area contributed by atoms with Crippen molar-refractivity contribution in [3.63, 3.8) is 0 Å². The van der Waals surface area contributed by atoms with Crippen LogP contribution in [0.5, 0.6) is 0 Å². The molecular weight excluding hydrogens is 340 g/mol. The Morgan fingerprint density at radius 2 is 1.35 bits per heavy atom. The highest BCUT2D eigenvalue weighted by Crippen LogP contribution is 2.19. The lowest BCUT2D eigenvalue weighted by molar-refractivity contribution is -0.131. The van der Waals surface area contributed by atoms with E-state index in [4.69, 9.17) is 0 Å². The normalized spacial score (nSPS) is 24.2. The van der Waals surface area contributed by atoms with E-state index in [1.165, 1.54) is 0 Å². The van der Waals surface area contributed by atoms with Gasteiger partial charge in [-0.15, -0.1) is 0 Å². The van der Waals surface area contributed by atoms with Crippen molar-refractivity contribution in [1.82, 2.24) is 20.9 Å². The van der Waals surface area contributed by atoms with Crippen LogP contribution in [0.3, 0.4) is 0 Å². The predicted octanol–water partition coefficient (Wildman–Crippen LogP) is -1.84. The average Bonchev–Trinajstić information content (AvgIpc) is 3.06.